The molecule has 5 rings (SSSR count). The van der Waals surface area contributed by atoms with Gasteiger partial charge in [0.25, 0.3) is 5.56 Å². The highest BCUT2D eigenvalue weighted by molar-refractivity contribution is 5.79. The number of aromatic nitrogens is 2. The molecule has 0 bridgehead atoms. The zero-order valence-electron chi connectivity index (χ0n) is 16.3. The molecule has 1 atom stereocenters. The highest BCUT2D eigenvalue weighted by Gasteiger charge is 2.31. The lowest BCUT2D eigenvalue weighted by atomic mass is 9.91. The van der Waals surface area contributed by atoms with Gasteiger partial charge in [0.1, 0.15) is 11.3 Å². The topological polar surface area (TPSA) is 46.7 Å². The van der Waals surface area contributed by atoms with Crippen molar-refractivity contribution in [2.24, 2.45) is 5.92 Å². The van der Waals surface area contributed by atoms with E-state index in [1.54, 1.807) is 21.1 Å². The molecule has 1 aliphatic heterocycles. The van der Waals surface area contributed by atoms with Crippen molar-refractivity contribution in [1.82, 2.24) is 13.9 Å². The number of nitrogens with zero attached hydrogens (tertiary/aromatic N) is 3. The van der Waals surface area contributed by atoms with Crippen LogP contribution in [0.5, 0.6) is 0 Å². The summed E-state index contributed by atoms with van der Waals surface area (Å²) >= 11 is 0. The van der Waals surface area contributed by atoms with Gasteiger partial charge in [0.15, 0.2) is 0 Å². The number of aryl methyl sites for hydroxylation is 1. The number of halogens is 1. The monoisotopic (exact) mass is 393 g/mol. The highest BCUT2D eigenvalue weighted by atomic mass is 19.1. The van der Waals surface area contributed by atoms with Gasteiger partial charge in [-0.05, 0) is 67.5 Å². The number of fused-ring (bicyclic) bond motifs is 4. The number of amides is 1. The number of rotatable bonds is 4. The maximum Gasteiger partial charge on any atom is 0.275 e. The zero-order valence-corrected chi connectivity index (χ0v) is 16.3. The first-order chi connectivity index (χ1) is 14.1. The van der Waals surface area contributed by atoms with E-state index in [1.807, 2.05) is 17.2 Å². The molecule has 1 unspecified atom stereocenters. The van der Waals surface area contributed by atoms with Gasteiger partial charge in [-0.1, -0.05) is 6.08 Å². The van der Waals surface area contributed by atoms with Crippen LogP contribution in [0.1, 0.15) is 32.1 Å². The van der Waals surface area contributed by atoms with Gasteiger partial charge in [-0.25, -0.2) is 4.39 Å². The average Bonchev–Trinajstić information content (AvgIpc) is 3.37. The summed E-state index contributed by atoms with van der Waals surface area (Å²) in [6.45, 7) is 1.98. The number of hydrogen-bond acceptors (Lipinski definition) is 2. The Balaban J connectivity index is 1.35. The molecule has 6 heteroatoms. The molecule has 1 saturated heterocycles. The predicted molar refractivity (Wildman–Crippen MR) is 110 cm³/mol. The van der Waals surface area contributed by atoms with Crippen LogP contribution in [0.4, 0.5) is 4.39 Å². The molecule has 3 heterocycles. The summed E-state index contributed by atoms with van der Waals surface area (Å²) < 4.78 is 17.3. The Morgan fingerprint density at radius 1 is 1.17 bits per heavy atom. The van der Waals surface area contributed by atoms with E-state index in [2.05, 4.69) is 6.08 Å². The minimum atomic E-state index is -0.374. The van der Waals surface area contributed by atoms with Gasteiger partial charge in [0.05, 0.1) is 11.0 Å². The molecule has 0 N–H and O–H groups in total. The van der Waals surface area contributed by atoms with Crippen LogP contribution < -0.4 is 5.56 Å². The Hall–Kier alpha value is -2.89. The molecule has 1 amide bonds. The second-order valence-electron chi connectivity index (χ2n) is 8.14. The predicted octanol–water partition coefficient (Wildman–Crippen LogP) is 3.74. The molecule has 1 aromatic carbocycles. The molecule has 2 aliphatic rings. The standard InChI is InChI=1S/C23H24FN3O2/c24-18-9-10-19-21(13-18)27(23(29)20-7-3-11-26(19)20)12-4-8-22(28)25-14-16-5-1-2-6-17(16)15-25/h3,5,7,9-11,13,17H,1-2,4,6,8,12,14-15H2. The van der Waals surface area contributed by atoms with E-state index in [9.17, 15) is 14.0 Å². The smallest absolute Gasteiger partial charge is 0.275 e. The van der Waals surface area contributed by atoms with Gasteiger partial charge < -0.3 is 13.9 Å². The Kier molecular flexibility index (Phi) is 4.49. The summed E-state index contributed by atoms with van der Waals surface area (Å²) in [4.78, 5) is 27.6. The molecule has 1 aliphatic carbocycles. The minimum absolute atomic E-state index is 0.146. The molecule has 3 aromatic rings. The molecule has 0 radical (unpaired) electrons. The first-order valence-electron chi connectivity index (χ1n) is 10.4. The third-order valence-corrected chi connectivity index (χ3v) is 6.33. The summed E-state index contributed by atoms with van der Waals surface area (Å²) in [7, 11) is 0. The highest BCUT2D eigenvalue weighted by Crippen LogP contribution is 2.32. The van der Waals surface area contributed by atoms with Gasteiger partial charge in [-0.15, -0.1) is 0 Å². The van der Waals surface area contributed by atoms with Crippen molar-refractivity contribution in [3.8, 4) is 0 Å². The van der Waals surface area contributed by atoms with Crippen molar-refractivity contribution in [3.63, 3.8) is 0 Å². The van der Waals surface area contributed by atoms with E-state index in [0.717, 1.165) is 25.0 Å². The maximum absolute atomic E-state index is 13.9. The number of carbonyl (C=O) groups is 1. The summed E-state index contributed by atoms with van der Waals surface area (Å²) in [6.07, 6.45) is 8.59. The van der Waals surface area contributed by atoms with Crippen molar-refractivity contribution in [2.75, 3.05) is 13.1 Å². The molecular weight excluding hydrogens is 369 g/mol. The van der Waals surface area contributed by atoms with Gasteiger partial charge in [-0.2, -0.15) is 0 Å². The molecule has 150 valence electrons. The van der Waals surface area contributed by atoms with Crippen LogP contribution in [0.2, 0.25) is 0 Å². The number of allylic oxidation sites excluding steroid dienone is 1. The quantitative estimate of drug-likeness (QED) is 0.634. The van der Waals surface area contributed by atoms with Crippen LogP contribution in [0.3, 0.4) is 0 Å². The summed E-state index contributed by atoms with van der Waals surface area (Å²) in [5.41, 5.74) is 3.17. The van der Waals surface area contributed by atoms with Crippen molar-refractivity contribution in [1.29, 1.82) is 0 Å². The lowest BCUT2D eigenvalue weighted by Gasteiger charge is -2.17. The lowest BCUT2D eigenvalue weighted by molar-refractivity contribution is -0.130. The molecule has 29 heavy (non-hydrogen) atoms. The normalized spacial score (nSPS) is 19.0. The first kappa shape index (κ1) is 18.2. The largest absolute Gasteiger partial charge is 0.338 e. The molecule has 0 saturated carbocycles. The summed E-state index contributed by atoms with van der Waals surface area (Å²) in [5, 5.41) is 0. The van der Waals surface area contributed by atoms with Crippen molar-refractivity contribution >= 4 is 22.5 Å². The fraction of sp³-hybridized carbons (Fsp3) is 0.391. The van der Waals surface area contributed by atoms with Gasteiger partial charge in [0.2, 0.25) is 5.91 Å². The maximum atomic E-state index is 13.9. The fourth-order valence-corrected chi connectivity index (χ4v) is 4.84. The molecule has 2 aromatic heterocycles. The Morgan fingerprint density at radius 3 is 2.93 bits per heavy atom. The molecule has 1 fully saturated rings. The minimum Gasteiger partial charge on any atom is -0.338 e. The molecular formula is C23H24FN3O2. The van der Waals surface area contributed by atoms with Gasteiger partial charge >= 0.3 is 0 Å². The van der Waals surface area contributed by atoms with Crippen LogP contribution >= 0.6 is 0 Å². The van der Waals surface area contributed by atoms with Crippen LogP contribution in [0.15, 0.2) is 53.0 Å². The number of benzene rings is 1. The third-order valence-electron chi connectivity index (χ3n) is 6.33. The van der Waals surface area contributed by atoms with Crippen LogP contribution in [0.25, 0.3) is 16.6 Å². The van der Waals surface area contributed by atoms with E-state index >= 15 is 0 Å². The van der Waals surface area contributed by atoms with E-state index in [1.165, 1.54) is 30.5 Å². The van der Waals surface area contributed by atoms with E-state index in [0.29, 0.717) is 36.3 Å². The number of likely N-dealkylation sites (tertiary alicyclic amines) is 1. The van der Waals surface area contributed by atoms with Crippen LogP contribution in [-0.2, 0) is 11.3 Å². The molecule has 5 nitrogen and oxygen atoms in total. The zero-order chi connectivity index (χ0) is 20.0. The average molecular weight is 393 g/mol. The first-order valence-corrected chi connectivity index (χ1v) is 10.4. The van der Waals surface area contributed by atoms with Crippen molar-refractivity contribution in [3.05, 3.63) is 64.3 Å². The van der Waals surface area contributed by atoms with Gasteiger partial charge in [-0.3, -0.25) is 9.59 Å². The Morgan fingerprint density at radius 2 is 2.07 bits per heavy atom. The Bertz CT molecular complexity index is 1190. The fourth-order valence-electron chi connectivity index (χ4n) is 4.84. The third kappa shape index (κ3) is 3.16. The van der Waals surface area contributed by atoms with Crippen molar-refractivity contribution < 1.29 is 9.18 Å². The van der Waals surface area contributed by atoms with Crippen LogP contribution in [-0.4, -0.2) is 32.9 Å². The second-order valence-corrected chi connectivity index (χ2v) is 8.14. The summed E-state index contributed by atoms with van der Waals surface area (Å²) in [5.74, 6) is 0.313. The van der Waals surface area contributed by atoms with E-state index in [-0.39, 0.29) is 17.3 Å². The van der Waals surface area contributed by atoms with Crippen LogP contribution in [0, 0.1) is 11.7 Å². The van der Waals surface area contributed by atoms with Gasteiger partial charge in [0, 0.05) is 32.3 Å². The van der Waals surface area contributed by atoms with E-state index in [4.69, 9.17) is 0 Å². The molecule has 0 spiro atoms. The summed E-state index contributed by atoms with van der Waals surface area (Å²) in [6, 6.07) is 8.08. The number of hydrogen-bond donors (Lipinski definition) is 0. The second kappa shape index (κ2) is 7.17. The number of carbonyl (C=O) groups excluding carboxylic acids is 1. The Labute approximate surface area is 168 Å². The SMILES string of the molecule is O=C(CCCn1c(=O)c2cccn2c2ccc(F)cc21)N1CC2=CCCCC2C1. The van der Waals surface area contributed by atoms with Crippen molar-refractivity contribution in [2.45, 2.75) is 38.6 Å². The van der Waals surface area contributed by atoms with E-state index < -0.39 is 0 Å². The lowest BCUT2D eigenvalue weighted by Crippen LogP contribution is -2.29.